The number of hydrogen-bond acceptors (Lipinski definition) is 3. The van der Waals surface area contributed by atoms with E-state index in [1.54, 1.807) is 54.6 Å². The molecule has 0 saturated carbocycles. The van der Waals surface area contributed by atoms with Crippen molar-refractivity contribution in [2.75, 3.05) is 5.32 Å². The second kappa shape index (κ2) is 6.97. The monoisotopic (exact) mass is 392 g/mol. The molecule has 0 bridgehead atoms. The Labute approximate surface area is 172 Å². The summed E-state index contributed by atoms with van der Waals surface area (Å²) in [5.41, 5.74) is 3.01. The average molecular weight is 392 g/mol. The Morgan fingerprint density at radius 1 is 0.667 bits per heavy atom. The summed E-state index contributed by atoms with van der Waals surface area (Å²) in [5.74, 6) is -0.826. The smallest absolute Gasteiger partial charge is 0.255 e. The van der Waals surface area contributed by atoms with Gasteiger partial charge in [0.15, 0.2) is 11.6 Å². The van der Waals surface area contributed by atoms with E-state index in [-0.39, 0.29) is 23.0 Å². The molecular formula is C25H16N2O3. The number of carbonyl (C=O) groups excluding carboxylic acids is 3. The third kappa shape index (κ3) is 2.84. The molecule has 30 heavy (non-hydrogen) atoms. The number of anilines is 1. The molecule has 0 fully saturated rings. The molecule has 0 saturated heterocycles. The van der Waals surface area contributed by atoms with Crippen molar-refractivity contribution in [3.63, 3.8) is 0 Å². The van der Waals surface area contributed by atoms with Crippen LogP contribution in [0, 0.1) is 0 Å². The van der Waals surface area contributed by atoms with Gasteiger partial charge in [0.05, 0.1) is 11.3 Å². The fraction of sp³-hybridized carbons (Fsp3) is 0. The highest BCUT2D eigenvalue weighted by Gasteiger charge is 2.31. The summed E-state index contributed by atoms with van der Waals surface area (Å²) in [6.45, 7) is 0. The predicted octanol–water partition coefficient (Wildman–Crippen LogP) is 4.51. The van der Waals surface area contributed by atoms with Gasteiger partial charge < -0.3 is 9.88 Å². The molecule has 3 aromatic carbocycles. The molecule has 1 amide bonds. The molecule has 0 atom stereocenters. The number of rotatable bonds is 3. The highest BCUT2D eigenvalue weighted by molar-refractivity contribution is 6.30. The number of nitrogens with one attached hydrogen (secondary N) is 1. The summed E-state index contributed by atoms with van der Waals surface area (Å²) in [4.78, 5) is 38.7. The van der Waals surface area contributed by atoms with Gasteiger partial charge in [0, 0.05) is 40.3 Å². The van der Waals surface area contributed by atoms with E-state index in [0.29, 0.717) is 27.9 Å². The number of fused-ring (bicyclic) bond motifs is 2. The van der Waals surface area contributed by atoms with E-state index >= 15 is 0 Å². The maximum absolute atomic E-state index is 13.1. The van der Waals surface area contributed by atoms with Gasteiger partial charge in [0.25, 0.3) is 5.91 Å². The van der Waals surface area contributed by atoms with Crippen LogP contribution in [0.15, 0.2) is 91.3 Å². The second-order valence-corrected chi connectivity index (χ2v) is 7.02. The summed E-state index contributed by atoms with van der Waals surface area (Å²) in [7, 11) is 0. The Morgan fingerprint density at radius 3 is 2.00 bits per heavy atom. The highest BCUT2D eigenvalue weighted by atomic mass is 16.2. The Hall–Kier alpha value is -4.25. The highest BCUT2D eigenvalue weighted by Crippen LogP contribution is 2.32. The largest absolute Gasteiger partial charge is 0.324 e. The Bertz CT molecular complexity index is 1300. The molecule has 4 aromatic rings. The molecule has 5 rings (SSSR count). The van der Waals surface area contributed by atoms with Crippen molar-refractivity contribution in [1.82, 2.24) is 4.57 Å². The number of carbonyl (C=O) groups is 3. The topological polar surface area (TPSA) is 68.2 Å². The molecule has 0 radical (unpaired) electrons. The van der Waals surface area contributed by atoms with Gasteiger partial charge in [-0.1, -0.05) is 36.4 Å². The van der Waals surface area contributed by atoms with E-state index in [1.165, 1.54) is 0 Å². The Kier molecular flexibility index (Phi) is 4.14. The van der Waals surface area contributed by atoms with Crippen LogP contribution in [0.5, 0.6) is 0 Å². The van der Waals surface area contributed by atoms with Crippen molar-refractivity contribution in [2.24, 2.45) is 0 Å². The summed E-state index contributed by atoms with van der Waals surface area (Å²) in [6, 6.07) is 22.7. The summed E-state index contributed by atoms with van der Waals surface area (Å²) < 4.78 is 1.94. The molecule has 5 heteroatoms. The normalized spacial score (nSPS) is 12.3. The van der Waals surface area contributed by atoms with Crippen LogP contribution in [-0.4, -0.2) is 22.0 Å². The van der Waals surface area contributed by atoms with Crippen LogP contribution in [0.4, 0.5) is 5.69 Å². The van der Waals surface area contributed by atoms with Crippen LogP contribution in [0.2, 0.25) is 0 Å². The lowest BCUT2D eigenvalue weighted by atomic mass is 9.83. The van der Waals surface area contributed by atoms with Gasteiger partial charge in [-0.25, -0.2) is 0 Å². The third-order valence-electron chi connectivity index (χ3n) is 5.23. The van der Waals surface area contributed by atoms with Gasteiger partial charge in [-0.15, -0.1) is 0 Å². The maximum Gasteiger partial charge on any atom is 0.255 e. The predicted molar refractivity (Wildman–Crippen MR) is 113 cm³/mol. The van der Waals surface area contributed by atoms with Crippen molar-refractivity contribution in [1.29, 1.82) is 0 Å². The van der Waals surface area contributed by atoms with E-state index in [9.17, 15) is 14.4 Å². The van der Waals surface area contributed by atoms with Gasteiger partial charge in [-0.3, -0.25) is 14.4 Å². The standard InChI is InChI=1S/C25H16N2O3/c28-23-18-6-1-2-7-19(18)24(29)22-20(23)8-5-9-21(22)26-25(30)16-10-12-17(13-11-16)27-14-3-4-15-27/h1-15H,(H,26,30). The number of ketones is 2. The fourth-order valence-corrected chi connectivity index (χ4v) is 3.74. The molecule has 1 aliphatic carbocycles. The van der Waals surface area contributed by atoms with E-state index in [1.807, 2.05) is 41.2 Å². The first-order valence-corrected chi connectivity index (χ1v) is 9.50. The number of nitrogens with zero attached hydrogens (tertiary/aromatic N) is 1. The zero-order valence-electron chi connectivity index (χ0n) is 15.8. The maximum atomic E-state index is 13.1. The van der Waals surface area contributed by atoms with Crippen molar-refractivity contribution >= 4 is 23.2 Å². The van der Waals surface area contributed by atoms with Gasteiger partial charge in [-0.2, -0.15) is 0 Å². The van der Waals surface area contributed by atoms with Crippen LogP contribution in [0.3, 0.4) is 0 Å². The first kappa shape index (κ1) is 17.8. The number of benzene rings is 3. The average Bonchev–Trinajstić information content (AvgIpc) is 3.32. The van der Waals surface area contributed by atoms with Crippen LogP contribution < -0.4 is 5.32 Å². The van der Waals surface area contributed by atoms with Crippen molar-refractivity contribution in [3.05, 3.63) is 119 Å². The molecule has 0 spiro atoms. The van der Waals surface area contributed by atoms with Crippen LogP contribution in [-0.2, 0) is 0 Å². The van der Waals surface area contributed by atoms with E-state index in [2.05, 4.69) is 5.32 Å². The fourth-order valence-electron chi connectivity index (χ4n) is 3.74. The minimum Gasteiger partial charge on any atom is -0.324 e. The summed E-state index contributed by atoms with van der Waals surface area (Å²) >= 11 is 0. The van der Waals surface area contributed by atoms with Crippen molar-refractivity contribution in [3.8, 4) is 5.69 Å². The zero-order valence-corrected chi connectivity index (χ0v) is 15.8. The summed E-state index contributed by atoms with van der Waals surface area (Å²) in [5, 5.41) is 2.80. The van der Waals surface area contributed by atoms with Gasteiger partial charge >= 0.3 is 0 Å². The molecular weight excluding hydrogens is 376 g/mol. The zero-order chi connectivity index (χ0) is 20.7. The Morgan fingerprint density at radius 2 is 1.30 bits per heavy atom. The van der Waals surface area contributed by atoms with Crippen molar-refractivity contribution in [2.45, 2.75) is 0 Å². The van der Waals surface area contributed by atoms with Crippen LogP contribution in [0.25, 0.3) is 5.69 Å². The van der Waals surface area contributed by atoms with Crippen LogP contribution >= 0.6 is 0 Å². The number of aromatic nitrogens is 1. The molecule has 0 unspecified atom stereocenters. The lowest BCUT2D eigenvalue weighted by Gasteiger charge is -2.20. The number of amides is 1. The molecule has 144 valence electrons. The first-order valence-electron chi connectivity index (χ1n) is 9.50. The molecule has 1 heterocycles. The van der Waals surface area contributed by atoms with Crippen LogP contribution in [0.1, 0.15) is 42.2 Å². The van der Waals surface area contributed by atoms with Gasteiger partial charge in [-0.05, 0) is 42.5 Å². The third-order valence-corrected chi connectivity index (χ3v) is 5.23. The second-order valence-electron chi connectivity index (χ2n) is 7.02. The first-order chi connectivity index (χ1) is 14.6. The SMILES string of the molecule is O=C(Nc1cccc2c1C(=O)c1ccccc1C2=O)c1ccc(-n2cccc2)cc1. The molecule has 1 N–H and O–H groups in total. The summed E-state index contributed by atoms with van der Waals surface area (Å²) in [6.07, 6.45) is 3.84. The molecule has 1 aliphatic rings. The van der Waals surface area contributed by atoms with E-state index in [4.69, 9.17) is 0 Å². The lowest BCUT2D eigenvalue weighted by Crippen LogP contribution is -2.23. The minimum atomic E-state index is -0.346. The lowest BCUT2D eigenvalue weighted by molar-refractivity contribution is 0.0978. The Balaban J connectivity index is 1.47. The van der Waals surface area contributed by atoms with Gasteiger partial charge in [0.1, 0.15) is 0 Å². The minimum absolute atomic E-state index is 0.215. The van der Waals surface area contributed by atoms with Crippen molar-refractivity contribution < 1.29 is 14.4 Å². The molecule has 5 nitrogen and oxygen atoms in total. The van der Waals surface area contributed by atoms with Gasteiger partial charge in [0.2, 0.25) is 0 Å². The van der Waals surface area contributed by atoms with E-state index in [0.717, 1.165) is 5.69 Å². The molecule has 1 aromatic heterocycles. The molecule has 0 aliphatic heterocycles. The quantitative estimate of drug-likeness (QED) is 0.491. The number of hydrogen-bond donors (Lipinski definition) is 1. The van der Waals surface area contributed by atoms with E-state index < -0.39 is 0 Å².